The molecule has 0 bridgehead atoms. The zero-order valence-electron chi connectivity index (χ0n) is 11.4. The molecule has 10 heteroatoms. The predicted octanol–water partition coefficient (Wildman–Crippen LogP) is 3.09. The van der Waals surface area contributed by atoms with Gasteiger partial charge in [-0.15, -0.1) is 0 Å². The van der Waals surface area contributed by atoms with Crippen molar-refractivity contribution in [2.24, 2.45) is 0 Å². The maximum atomic E-state index is 13.6. The summed E-state index contributed by atoms with van der Waals surface area (Å²) < 4.78 is 68.0. The van der Waals surface area contributed by atoms with Gasteiger partial charge in [-0.3, -0.25) is 10.1 Å². The molecule has 122 valence electrons. The molecule has 0 heterocycles. The molecule has 0 unspecified atom stereocenters. The zero-order chi connectivity index (χ0) is 17.4. The van der Waals surface area contributed by atoms with E-state index < -0.39 is 48.8 Å². The molecule has 0 fully saturated rings. The Morgan fingerprint density at radius 2 is 1.65 bits per heavy atom. The third kappa shape index (κ3) is 3.42. The van der Waals surface area contributed by atoms with Crippen LogP contribution in [0.3, 0.4) is 0 Å². The Morgan fingerprint density at radius 3 is 2.26 bits per heavy atom. The minimum absolute atomic E-state index is 0.0368. The summed E-state index contributed by atoms with van der Waals surface area (Å²) in [6.07, 6.45) is 0. The predicted molar refractivity (Wildman–Crippen MR) is 72.0 cm³/mol. The third-order valence-corrected chi connectivity index (χ3v) is 4.01. The van der Waals surface area contributed by atoms with Gasteiger partial charge in [0.2, 0.25) is 5.75 Å². The fourth-order valence-corrected chi connectivity index (χ4v) is 2.71. The van der Waals surface area contributed by atoms with Crippen LogP contribution in [0.5, 0.6) is 5.75 Å². The summed E-state index contributed by atoms with van der Waals surface area (Å²) in [6, 6.07) is 3.52. The lowest BCUT2D eigenvalue weighted by Gasteiger charge is -2.09. The molecule has 0 aliphatic heterocycles. The van der Waals surface area contributed by atoms with E-state index in [0.717, 1.165) is 12.1 Å². The van der Waals surface area contributed by atoms with Gasteiger partial charge >= 0.3 is 15.8 Å². The van der Waals surface area contributed by atoms with Crippen LogP contribution in [0.1, 0.15) is 5.56 Å². The molecule has 0 radical (unpaired) electrons. The molecule has 0 spiro atoms. The van der Waals surface area contributed by atoms with Crippen molar-refractivity contribution in [3.8, 4) is 5.75 Å². The quantitative estimate of drug-likeness (QED) is 0.367. The summed E-state index contributed by atoms with van der Waals surface area (Å²) in [5, 5.41) is 10.9. The molecule has 0 saturated heterocycles. The van der Waals surface area contributed by atoms with Crippen LogP contribution in [0, 0.1) is 34.5 Å². The van der Waals surface area contributed by atoms with Crippen molar-refractivity contribution in [1.29, 1.82) is 0 Å². The Bertz CT molecular complexity index is 899. The maximum absolute atomic E-state index is 13.6. The molecule has 0 aliphatic rings. The Labute approximate surface area is 128 Å². The number of hydrogen-bond donors (Lipinski definition) is 0. The highest BCUT2D eigenvalue weighted by Crippen LogP contribution is 2.31. The molecule has 0 atom stereocenters. The molecule has 0 N–H and O–H groups in total. The first-order valence-corrected chi connectivity index (χ1v) is 7.36. The van der Waals surface area contributed by atoms with Crippen molar-refractivity contribution in [2.45, 2.75) is 11.8 Å². The van der Waals surface area contributed by atoms with E-state index in [1.165, 1.54) is 13.0 Å². The number of rotatable bonds is 4. The van der Waals surface area contributed by atoms with Gasteiger partial charge in [0.1, 0.15) is 10.7 Å². The number of nitro benzene ring substituents is 1. The SMILES string of the molecule is Cc1ccc(OS(=O)(=O)c2cc(F)c(F)cc2F)c([N+](=O)[O-])c1. The average molecular weight is 347 g/mol. The first-order valence-electron chi connectivity index (χ1n) is 5.96. The van der Waals surface area contributed by atoms with Crippen LogP contribution in [-0.4, -0.2) is 13.3 Å². The van der Waals surface area contributed by atoms with Crippen LogP contribution in [0.25, 0.3) is 0 Å². The molecule has 0 amide bonds. The van der Waals surface area contributed by atoms with Crippen LogP contribution in [0.2, 0.25) is 0 Å². The third-order valence-electron chi connectivity index (χ3n) is 2.75. The summed E-state index contributed by atoms with van der Waals surface area (Å²) >= 11 is 0. The smallest absolute Gasteiger partial charge is 0.342 e. The van der Waals surface area contributed by atoms with Crippen LogP contribution in [0.4, 0.5) is 18.9 Å². The summed E-state index contributed by atoms with van der Waals surface area (Å²) in [6.45, 7) is 1.53. The second-order valence-electron chi connectivity index (χ2n) is 4.46. The second-order valence-corrected chi connectivity index (χ2v) is 5.98. The number of nitrogens with zero attached hydrogens (tertiary/aromatic N) is 1. The van der Waals surface area contributed by atoms with Gasteiger partial charge in [0.05, 0.1) is 4.92 Å². The van der Waals surface area contributed by atoms with E-state index >= 15 is 0 Å². The molecule has 0 saturated carbocycles. The van der Waals surface area contributed by atoms with Crippen molar-refractivity contribution in [1.82, 2.24) is 0 Å². The van der Waals surface area contributed by atoms with Gasteiger partial charge < -0.3 is 4.18 Å². The fourth-order valence-electron chi connectivity index (χ4n) is 1.70. The van der Waals surface area contributed by atoms with Gasteiger partial charge in [-0.2, -0.15) is 8.42 Å². The monoisotopic (exact) mass is 347 g/mol. The largest absolute Gasteiger partial charge is 0.371 e. The van der Waals surface area contributed by atoms with Gasteiger partial charge in [0, 0.05) is 18.2 Å². The van der Waals surface area contributed by atoms with Crippen molar-refractivity contribution < 1.29 is 30.7 Å². The van der Waals surface area contributed by atoms with E-state index in [2.05, 4.69) is 4.18 Å². The minimum atomic E-state index is -4.94. The van der Waals surface area contributed by atoms with E-state index in [4.69, 9.17) is 0 Å². The van der Waals surface area contributed by atoms with Crippen molar-refractivity contribution in [3.05, 3.63) is 63.5 Å². The van der Waals surface area contributed by atoms with E-state index in [9.17, 15) is 31.7 Å². The summed E-state index contributed by atoms with van der Waals surface area (Å²) in [5.74, 6) is -5.45. The molecule has 23 heavy (non-hydrogen) atoms. The number of hydrogen-bond acceptors (Lipinski definition) is 5. The van der Waals surface area contributed by atoms with Gasteiger partial charge in [-0.1, -0.05) is 6.07 Å². The number of nitro groups is 1. The van der Waals surface area contributed by atoms with Crippen molar-refractivity contribution in [3.63, 3.8) is 0 Å². The molecule has 2 aromatic carbocycles. The lowest BCUT2D eigenvalue weighted by Crippen LogP contribution is -2.13. The van der Waals surface area contributed by atoms with Gasteiger partial charge in [0.25, 0.3) is 0 Å². The summed E-state index contributed by atoms with van der Waals surface area (Å²) in [4.78, 5) is 8.75. The van der Waals surface area contributed by atoms with Crippen molar-refractivity contribution >= 4 is 15.8 Å². The molecular weight excluding hydrogens is 339 g/mol. The Hall–Kier alpha value is -2.62. The van der Waals surface area contributed by atoms with Crippen LogP contribution < -0.4 is 4.18 Å². The second kappa shape index (κ2) is 5.88. The first kappa shape index (κ1) is 16.7. The van der Waals surface area contributed by atoms with Crippen LogP contribution >= 0.6 is 0 Å². The Kier molecular flexibility index (Phi) is 4.28. The Balaban J connectivity index is 2.52. The summed E-state index contributed by atoms with van der Waals surface area (Å²) in [5.41, 5.74) is -0.211. The molecule has 2 rings (SSSR count). The highest BCUT2D eigenvalue weighted by atomic mass is 32.2. The van der Waals surface area contributed by atoms with Gasteiger partial charge in [-0.05, 0) is 18.6 Å². The minimum Gasteiger partial charge on any atom is -0.371 e. The highest BCUT2D eigenvalue weighted by Gasteiger charge is 2.27. The number of benzene rings is 2. The van der Waals surface area contributed by atoms with E-state index in [-0.39, 0.29) is 12.1 Å². The van der Waals surface area contributed by atoms with E-state index in [1.807, 2.05) is 0 Å². The standard InChI is InChI=1S/C13H8F3NO5S/c1-7-2-3-12(11(4-7)17(18)19)22-23(20,21)13-6-9(15)8(14)5-10(13)16/h2-6H,1H3. The molecule has 0 aromatic heterocycles. The zero-order valence-corrected chi connectivity index (χ0v) is 12.2. The summed E-state index contributed by atoms with van der Waals surface area (Å²) in [7, 11) is -4.94. The van der Waals surface area contributed by atoms with Gasteiger partial charge in [-0.25, -0.2) is 13.2 Å². The molecule has 0 aliphatic carbocycles. The highest BCUT2D eigenvalue weighted by molar-refractivity contribution is 7.87. The topological polar surface area (TPSA) is 86.5 Å². The first-order chi connectivity index (χ1) is 10.6. The molecule has 2 aromatic rings. The lowest BCUT2D eigenvalue weighted by atomic mass is 10.2. The van der Waals surface area contributed by atoms with Gasteiger partial charge in [0.15, 0.2) is 11.6 Å². The van der Waals surface area contributed by atoms with E-state index in [0.29, 0.717) is 5.56 Å². The van der Waals surface area contributed by atoms with Crippen LogP contribution in [0.15, 0.2) is 35.2 Å². The van der Waals surface area contributed by atoms with Crippen LogP contribution in [-0.2, 0) is 10.1 Å². The van der Waals surface area contributed by atoms with E-state index in [1.54, 1.807) is 0 Å². The number of aryl methyl sites for hydroxylation is 1. The Morgan fingerprint density at radius 1 is 1.04 bits per heavy atom. The lowest BCUT2D eigenvalue weighted by molar-refractivity contribution is -0.385. The average Bonchev–Trinajstić information content (AvgIpc) is 2.44. The van der Waals surface area contributed by atoms with Crippen molar-refractivity contribution in [2.75, 3.05) is 0 Å². The fraction of sp³-hybridized carbons (Fsp3) is 0.0769. The molecular formula is C13H8F3NO5S. The number of halogens is 3. The molecule has 6 nitrogen and oxygen atoms in total. The maximum Gasteiger partial charge on any atom is 0.342 e. The normalized spacial score (nSPS) is 11.3.